The fourth-order valence-electron chi connectivity index (χ4n) is 1.30. The quantitative estimate of drug-likeness (QED) is 0.720. The summed E-state index contributed by atoms with van der Waals surface area (Å²) in [5.74, 6) is 0.266. The van der Waals surface area contributed by atoms with Gasteiger partial charge in [0.1, 0.15) is 0 Å². The second-order valence-corrected chi connectivity index (χ2v) is 4.47. The molecule has 68 valence electrons. The normalized spacial score (nSPS) is 13.7. The Kier molecular flexibility index (Phi) is 2.34. The third-order valence-electron chi connectivity index (χ3n) is 1.92. The zero-order valence-electron chi connectivity index (χ0n) is 6.64. The Bertz CT molecular complexity index is 388. The summed E-state index contributed by atoms with van der Waals surface area (Å²) < 4.78 is 1.66. The second kappa shape index (κ2) is 3.35. The summed E-state index contributed by atoms with van der Waals surface area (Å²) in [6.07, 6.45) is 4.00. The Labute approximate surface area is 92.9 Å². The predicted molar refractivity (Wildman–Crippen MR) is 61.0 cm³/mol. The van der Waals surface area contributed by atoms with Gasteiger partial charge in [-0.2, -0.15) is 0 Å². The van der Waals surface area contributed by atoms with Gasteiger partial charge in [0.15, 0.2) is 5.75 Å². The fraction of sp³-hybridized carbons (Fsp3) is 0.111. The van der Waals surface area contributed by atoms with Crippen molar-refractivity contribution in [2.75, 3.05) is 11.9 Å². The summed E-state index contributed by atoms with van der Waals surface area (Å²) in [6, 6.07) is 1.84. The van der Waals surface area contributed by atoms with Crippen molar-refractivity contribution in [1.29, 1.82) is 0 Å². The van der Waals surface area contributed by atoms with Gasteiger partial charge in [0.25, 0.3) is 0 Å². The van der Waals surface area contributed by atoms with E-state index in [-0.39, 0.29) is 5.75 Å². The van der Waals surface area contributed by atoms with Crippen LogP contribution in [0.15, 0.2) is 21.1 Å². The SMILES string of the molecule is Oc1c(Br)cc(Br)c2c1NCC=C2. The van der Waals surface area contributed by atoms with Gasteiger partial charge >= 0.3 is 0 Å². The van der Waals surface area contributed by atoms with E-state index in [1.165, 1.54) is 0 Å². The van der Waals surface area contributed by atoms with Crippen molar-refractivity contribution in [3.05, 3.63) is 26.7 Å². The maximum atomic E-state index is 9.70. The van der Waals surface area contributed by atoms with E-state index in [2.05, 4.69) is 37.2 Å². The first-order valence-electron chi connectivity index (χ1n) is 3.81. The van der Waals surface area contributed by atoms with E-state index in [9.17, 15) is 5.11 Å². The van der Waals surface area contributed by atoms with E-state index in [1.54, 1.807) is 0 Å². The molecule has 0 aromatic heterocycles. The molecule has 1 aliphatic rings. The van der Waals surface area contributed by atoms with Gasteiger partial charge in [0.2, 0.25) is 0 Å². The average molecular weight is 305 g/mol. The number of hydrogen-bond donors (Lipinski definition) is 2. The molecule has 1 aromatic rings. The lowest BCUT2D eigenvalue weighted by molar-refractivity contribution is 0.473. The molecule has 1 aliphatic heterocycles. The molecule has 1 aromatic carbocycles. The van der Waals surface area contributed by atoms with Crippen LogP contribution in [0.5, 0.6) is 5.75 Å². The Hall–Kier alpha value is -0.480. The van der Waals surface area contributed by atoms with Gasteiger partial charge in [-0.05, 0) is 22.0 Å². The van der Waals surface area contributed by atoms with Crippen molar-refractivity contribution in [2.24, 2.45) is 0 Å². The minimum Gasteiger partial charge on any atom is -0.505 e. The highest BCUT2D eigenvalue weighted by molar-refractivity contribution is 9.11. The zero-order valence-corrected chi connectivity index (χ0v) is 9.81. The number of nitrogens with one attached hydrogen (secondary N) is 1. The highest BCUT2D eigenvalue weighted by atomic mass is 79.9. The van der Waals surface area contributed by atoms with E-state index in [1.807, 2.05) is 18.2 Å². The van der Waals surface area contributed by atoms with Gasteiger partial charge in [-0.1, -0.05) is 28.1 Å². The summed E-state index contributed by atoms with van der Waals surface area (Å²) in [5.41, 5.74) is 1.77. The van der Waals surface area contributed by atoms with Gasteiger partial charge in [0.05, 0.1) is 10.2 Å². The van der Waals surface area contributed by atoms with E-state index >= 15 is 0 Å². The lowest BCUT2D eigenvalue weighted by Crippen LogP contribution is -2.05. The first-order chi connectivity index (χ1) is 6.20. The first kappa shape index (κ1) is 9.09. The van der Waals surface area contributed by atoms with E-state index in [0.717, 1.165) is 22.3 Å². The topological polar surface area (TPSA) is 32.3 Å². The molecular formula is C9H7Br2NO. The molecule has 1 heterocycles. The van der Waals surface area contributed by atoms with Crippen molar-refractivity contribution in [2.45, 2.75) is 0 Å². The molecule has 13 heavy (non-hydrogen) atoms. The Morgan fingerprint density at radius 2 is 2.08 bits per heavy atom. The summed E-state index contributed by atoms with van der Waals surface area (Å²) in [6.45, 7) is 0.753. The van der Waals surface area contributed by atoms with E-state index < -0.39 is 0 Å². The van der Waals surface area contributed by atoms with E-state index in [0.29, 0.717) is 4.47 Å². The monoisotopic (exact) mass is 303 g/mol. The molecular weight excluding hydrogens is 298 g/mol. The van der Waals surface area contributed by atoms with Crippen LogP contribution in [0, 0.1) is 0 Å². The average Bonchev–Trinajstić information content (AvgIpc) is 2.15. The number of anilines is 1. The van der Waals surface area contributed by atoms with Crippen molar-refractivity contribution in [3.8, 4) is 5.75 Å². The minimum atomic E-state index is 0.266. The number of phenols is 1. The van der Waals surface area contributed by atoms with Gasteiger partial charge in [-0.15, -0.1) is 0 Å². The first-order valence-corrected chi connectivity index (χ1v) is 5.40. The minimum absolute atomic E-state index is 0.266. The Morgan fingerprint density at radius 1 is 1.31 bits per heavy atom. The van der Waals surface area contributed by atoms with Crippen LogP contribution in [0.25, 0.3) is 6.08 Å². The van der Waals surface area contributed by atoms with Crippen LogP contribution >= 0.6 is 31.9 Å². The lowest BCUT2D eigenvalue weighted by atomic mass is 10.1. The molecule has 0 saturated heterocycles. The van der Waals surface area contributed by atoms with Gasteiger partial charge < -0.3 is 10.4 Å². The largest absolute Gasteiger partial charge is 0.505 e. The number of fused-ring (bicyclic) bond motifs is 1. The van der Waals surface area contributed by atoms with Crippen LogP contribution in [0.4, 0.5) is 5.69 Å². The molecule has 0 saturated carbocycles. The van der Waals surface area contributed by atoms with E-state index in [4.69, 9.17) is 0 Å². The molecule has 2 nitrogen and oxygen atoms in total. The van der Waals surface area contributed by atoms with Crippen LogP contribution in [0.3, 0.4) is 0 Å². The molecule has 2 rings (SSSR count). The van der Waals surface area contributed by atoms with Crippen LogP contribution < -0.4 is 5.32 Å². The summed E-state index contributed by atoms with van der Waals surface area (Å²) >= 11 is 6.72. The Balaban J connectivity index is 2.71. The van der Waals surface area contributed by atoms with Gasteiger partial charge in [-0.3, -0.25) is 0 Å². The van der Waals surface area contributed by atoms with Crippen LogP contribution in [-0.2, 0) is 0 Å². The molecule has 0 spiro atoms. The standard InChI is InChI=1S/C9H7Br2NO/c10-6-4-7(11)9(13)8-5(6)2-1-3-12-8/h1-2,4,12-13H,3H2. The third kappa shape index (κ3) is 1.48. The van der Waals surface area contributed by atoms with Gasteiger partial charge in [0, 0.05) is 16.6 Å². The number of benzene rings is 1. The molecule has 0 radical (unpaired) electrons. The van der Waals surface area contributed by atoms with Crippen LogP contribution in [0.1, 0.15) is 5.56 Å². The highest BCUT2D eigenvalue weighted by Crippen LogP contribution is 2.41. The molecule has 0 amide bonds. The number of halogens is 2. The zero-order chi connectivity index (χ0) is 9.42. The lowest BCUT2D eigenvalue weighted by Gasteiger charge is -2.16. The maximum absolute atomic E-state index is 9.70. The van der Waals surface area contributed by atoms with Crippen molar-refractivity contribution >= 4 is 43.6 Å². The number of rotatable bonds is 0. The van der Waals surface area contributed by atoms with Crippen molar-refractivity contribution < 1.29 is 5.11 Å². The second-order valence-electron chi connectivity index (χ2n) is 2.76. The Morgan fingerprint density at radius 3 is 2.85 bits per heavy atom. The predicted octanol–water partition coefficient (Wildman–Crippen LogP) is 3.36. The number of aromatic hydroxyl groups is 1. The molecule has 0 bridgehead atoms. The summed E-state index contributed by atoms with van der Waals surface area (Å²) in [4.78, 5) is 0. The molecule has 0 unspecified atom stereocenters. The molecule has 4 heteroatoms. The molecule has 2 N–H and O–H groups in total. The molecule has 0 aliphatic carbocycles. The fourth-order valence-corrected chi connectivity index (χ4v) is 2.60. The highest BCUT2D eigenvalue weighted by Gasteiger charge is 2.14. The molecule has 0 fully saturated rings. The van der Waals surface area contributed by atoms with Crippen LogP contribution in [-0.4, -0.2) is 11.7 Å². The third-order valence-corrected chi connectivity index (χ3v) is 3.18. The maximum Gasteiger partial charge on any atom is 0.153 e. The number of phenolic OH excluding ortho intramolecular Hbond substituents is 1. The van der Waals surface area contributed by atoms with Crippen molar-refractivity contribution in [3.63, 3.8) is 0 Å². The molecule has 0 atom stereocenters. The summed E-state index contributed by atoms with van der Waals surface area (Å²) in [5, 5.41) is 12.8. The van der Waals surface area contributed by atoms with Crippen LogP contribution in [0.2, 0.25) is 0 Å². The number of hydrogen-bond acceptors (Lipinski definition) is 2. The smallest absolute Gasteiger partial charge is 0.153 e. The van der Waals surface area contributed by atoms with Gasteiger partial charge in [-0.25, -0.2) is 0 Å². The van der Waals surface area contributed by atoms with Crippen molar-refractivity contribution in [1.82, 2.24) is 0 Å². The summed E-state index contributed by atoms with van der Waals surface area (Å²) in [7, 11) is 0.